The molecule has 0 radical (unpaired) electrons. The smallest absolute Gasteiger partial charge is 0.330 e. The van der Waals surface area contributed by atoms with Crippen LogP contribution in [0, 0.1) is 5.92 Å². The van der Waals surface area contributed by atoms with Gasteiger partial charge in [-0.1, -0.05) is 38.2 Å². The van der Waals surface area contributed by atoms with E-state index in [0.717, 1.165) is 12.3 Å². The van der Waals surface area contributed by atoms with Crippen LogP contribution in [0.1, 0.15) is 45.4 Å². The van der Waals surface area contributed by atoms with Crippen molar-refractivity contribution in [1.82, 2.24) is 0 Å². The van der Waals surface area contributed by atoms with E-state index in [9.17, 15) is 4.79 Å². The summed E-state index contributed by atoms with van der Waals surface area (Å²) in [5.41, 5.74) is 0. The fraction of sp³-hybridized carbons (Fsp3) is 0.750. The van der Waals surface area contributed by atoms with E-state index >= 15 is 0 Å². The highest BCUT2D eigenvalue weighted by Gasteiger charge is 2.13. The minimum absolute atomic E-state index is 0.205. The van der Waals surface area contributed by atoms with Gasteiger partial charge in [0, 0.05) is 6.08 Å². The quantitative estimate of drug-likeness (QED) is 0.510. The number of hydrogen-bond acceptors (Lipinski definition) is 2. The number of ether oxygens (including phenoxy) is 1. The highest BCUT2D eigenvalue weighted by Crippen LogP contribution is 2.25. The van der Waals surface area contributed by atoms with E-state index in [1.54, 1.807) is 6.08 Å². The summed E-state index contributed by atoms with van der Waals surface area (Å²) in [7, 11) is 0. The molecule has 0 atom stereocenters. The van der Waals surface area contributed by atoms with Crippen LogP contribution in [0.5, 0.6) is 0 Å². The van der Waals surface area contributed by atoms with E-state index in [1.807, 2.05) is 6.92 Å². The minimum Gasteiger partial charge on any atom is -0.463 e. The van der Waals surface area contributed by atoms with Gasteiger partial charge in [0.05, 0.1) is 6.61 Å². The summed E-state index contributed by atoms with van der Waals surface area (Å²) >= 11 is 0. The zero-order valence-corrected chi connectivity index (χ0v) is 9.00. The molecular formula is C12H20O2. The first-order chi connectivity index (χ1) is 6.83. The van der Waals surface area contributed by atoms with Gasteiger partial charge in [-0.25, -0.2) is 4.79 Å². The average Bonchev–Trinajstić information content (AvgIpc) is 2.20. The van der Waals surface area contributed by atoms with Gasteiger partial charge in [-0.3, -0.25) is 0 Å². The molecule has 1 aliphatic carbocycles. The standard InChI is InChI=1S/C12H20O2/c1-2-6-12(13)14-10-9-11-7-4-3-5-8-11/h2,6,11H,3-5,7-10H2,1H3/b6-2+. The Morgan fingerprint density at radius 2 is 2.07 bits per heavy atom. The van der Waals surface area contributed by atoms with E-state index < -0.39 is 0 Å². The van der Waals surface area contributed by atoms with E-state index in [1.165, 1.54) is 38.2 Å². The summed E-state index contributed by atoms with van der Waals surface area (Å²) in [5.74, 6) is 0.588. The molecule has 2 nitrogen and oxygen atoms in total. The minimum atomic E-state index is -0.205. The Morgan fingerprint density at radius 3 is 2.71 bits per heavy atom. The fourth-order valence-corrected chi connectivity index (χ4v) is 1.99. The molecule has 0 aromatic heterocycles. The van der Waals surface area contributed by atoms with Crippen molar-refractivity contribution in [3.05, 3.63) is 12.2 Å². The molecule has 0 spiro atoms. The summed E-state index contributed by atoms with van der Waals surface area (Å²) in [6.07, 6.45) is 11.0. The van der Waals surface area contributed by atoms with Gasteiger partial charge in [-0.15, -0.1) is 0 Å². The van der Waals surface area contributed by atoms with Crippen molar-refractivity contribution in [1.29, 1.82) is 0 Å². The average molecular weight is 196 g/mol. The van der Waals surface area contributed by atoms with Crippen LogP contribution in [-0.2, 0) is 9.53 Å². The first kappa shape index (κ1) is 11.3. The first-order valence-corrected chi connectivity index (χ1v) is 5.62. The van der Waals surface area contributed by atoms with Crippen LogP contribution < -0.4 is 0 Å². The predicted octanol–water partition coefficient (Wildman–Crippen LogP) is 3.08. The Hall–Kier alpha value is -0.790. The molecular weight excluding hydrogens is 176 g/mol. The van der Waals surface area contributed by atoms with Gasteiger partial charge >= 0.3 is 5.97 Å². The predicted molar refractivity (Wildman–Crippen MR) is 57.0 cm³/mol. The van der Waals surface area contributed by atoms with Crippen molar-refractivity contribution >= 4 is 5.97 Å². The van der Waals surface area contributed by atoms with E-state index in [0.29, 0.717) is 6.61 Å². The van der Waals surface area contributed by atoms with Crippen molar-refractivity contribution in [2.45, 2.75) is 45.4 Å². The molecule has 0 unspecified atom stereocenters. The Labute approximate surface area is 86.3 Å². The molecule has 14 heavy (non-hydrogen) atoms. The molecule has 0 saturated heterocycles. The van der Waals surface area contributed by atoms with Gasteiger partial charge in [0.1, 0.15) is 0 Å². The van der Waals surface area contributed by atoms with Gasteiger partial charge in [0.25, 0.3) is 0 Å². The van der Waals surface area contributed by atoms with E-state index in [-0.39, 0.29) is 5.97 Å². The number of esters is 1. The number of rotatable bonds is 4. The van der Waals surface area contributed by atoms with Gasteiger partial charge < -0.3 is 4.74 Å². The number of carbonyl (C=O) groups is 1. The molecule has 1 aliphatic rings. The zero-order chi connectivity index (χ0) is 10.2. The van der Waals surface area contributed by atoms with Crippen LogP contribution in [-0.4, -0.2) is 12.6 Å². The highest BCUT2D eigenvalue weighted by atomic mass is 16.5. The molecule has 0 heterocycles. The molecule has 0 bridgehead atoms. The molecule has 1 rings (SSSR count). The van der Waals surface area contributed by atoms with Crippen LogP contribution in [0.4, 0.5) is 0 Å². The number of allylic oxidation sites excluding steroid dienone is 1. The molecule has 2 heteroatoms. The van der Waals surface area contributed by atoms with Crippen LogP contribution in [0.25, 0.3) is 0 Å². The second-order valence-corrected chi connectivity index (χ2v) is 3.96. The maximum Gasteiger partial charge on any atom is 0.330 e. The van der Waals surface area contributed by atoms with Crippen molar-refractivity contribution in [3.8, 4) is 0 Å². The third kappa shape index (κ3) is 4.45. The lowest BCUT2D eigenvalue weighted by Gasteiger charge is -2.20. The molecule has 80 valence electrons. The normalized spacial score (nSPS) is 18.6. The van der Waals surface area contributed by atoms with Gasteiger partial charge in [-0.2, -0.15) is 0 Å². The largest absolute Gasteiger partial charge is 0.463 e. The first-order valence-electron chi connectivity index (χ1n) is 5.62. The molecule has 0 N–H and O–H groups in total. The summed E-state index contributed by atoms with van der Waals surface area (Å²) in [5, 5.41) is 0. The second-order valence-electron chi connectivity index (χ2n) is 3.96. The lowest BCUT2D eigenvalue weighted by molar-refractivity contribution is -0.138. The fourth-order valence-electron chi connectivity index (χ4n) is 1.99. The monoisotopic (exact) mass is 196 g/mol. The molecule has 0 aromatic rings. The van der Waals surface area contributed by atoms with Crippen LogP contribution in [0.3, 0.4) is 0 Å². The van der Waals surface area contributed by atoms with Crippen molar-refractivity contribution in [2.24, 2.45) is 5.92 Å². The summed E-state index contributed by atoms with van der Waals surface area (Å²) < 4.78 is 5.06. The van der Waals surface area contributed by atoms with E-state index in [4.69, 9.17) is 4.74 Å². The topological polar surface area (TPSA) is 26.3 Å². The van der Waals surface area contributed by atoms with Crippen molar-refractivity contribution in [2.75, 3.05) is 6.61 Å². The van der Waals surface area contributed by atoms with Crippen LogP contribution in [0.2, 0.25) is 0 Å². The molecule has 0 aliphatic heterocycles. The lowest BCUT2D eigenvalue weighted by atomic mass is 9.87. The molecule has 1 fully saturated rings. The van der Waals surface area contributed by atoms with Crippen molar-refractivity contribution < 1.29 is 9.53 Å². The number of carbonyl (C=O) groups excluding carboxylic acids is 1. The third-order valence-electron chi connectivity index (χ3n) is 2.80. The zero-order valence-electron chi connectivity index (χ0n) is 9.00. The molecule has 0 aromatic carbocycles. The Morgan fingerprint density at radius 1 is 1.36 bits per heavy atom. The Balaban J connectivity index is 2.05. The van der Waals surface area contributed by atoms with Gasteiger partial charge in [-0.05, 0) is 19.3 Å². The van der Waals surface area contributed by atoms with Gasteiger partial charge in [0.15, 0.2) is 0 Å². The lowest BCUT2D eigenvalue weighted by Crippen LogP contribution is -2.11. The second kappa shape index (κ2) is 6.63. The van der Waals surface area contributed by atoms with Crippen LogP contribution >= 0.6 is 0 Å². The highest BCUT2D eigenvalue weighted by molar-refractivity contribution is 5.81. The third-order valence-corrected chi connectivity index (χ3v) is 2.80. The van der Waals surface area contributed by atoms with Gasteiger partial charge in [0.2, 0.25) is 0 Å². The maximum atomic E-state index is 11.0. The maximum absolute atomic E-state index is 11.0. The number of hydrogen-bond donors (Lipinski definition) is 0. The summed E-state index contributed by atoms with van der Waals surface area (Å²) in [6.45, 7) is 2.41. The summed E-state index contributed by atoms with van der Waals surface area (Å²) in [6, 6.07) is 0. The van der Waals surface area contributed by atoms with Crippen LogP contribution in [0.15, 0.2) is 12.2 Å². The Kier molecular flexibility index (Phi) is 5.35. The SMILES string of the molecule is C/C=C/C(=O)OCCC1CCCCC1. The van der Waals surface area contributed by atoms with Crippen molar-refractivity contribution in [3.63, 3.8) is 0 Å². The summed E-state index contributed by atoms with van der Waals surface area (Å²) in [4.78, 5) is 11.0. The molecule has 0 amide bonds. The van der Waals surface area contributed by atoms with E-state index in [2.05, 4.69) is 0 Å². The molecule has 1 saturated carbocycles. The Bertz CT molecular complexity index is 190.